The second-order valence-electron chi connectivity index (χ2n) is 6.45. The van der Waals surface area contributed by atoms with Crippen molar-refractivity contribution in [3.63, 3.8) is 0 Å². The first kappa shape index (κ1) is 14.8. The number of ketones is 1. The van der Waals surface area contributed by atoms with Gasteiger partial charge in [0, 0.05) is 31.1 Å². The Bertz CT molecular complexity index is 665. The van der Waals surface area contributed by atoms with Crippen molar-refractivity contribution in [2.45, 2.75) is 45.2 Å². The third kappa shape index (κ3) is 2.43. The molecule has 0 aliphatic carbocycles. The molecule has 1 N–H and O–H groups in total. The van der Waals surface area contributed by atoms with E-state index in [1.807, 2.05) is 12.1 Å². The molecule has 1 aromatic rings. The molecule has 0 aromatic heterocycles. The summed E-state index contributed by atoms with van der Waals surface area (Å²) in [4.78, 5) is 25.5. The number of Topliss-reactive ketones (excluding diaryl/α,β-unsaturated/α-hetero) is 1. The highest BCUT2D eigenvalue weighted by atomic mass is 16.2. The van der Waals surface area contributed by atoms with Crippen LogP contribution >= 0.6 is 0 Å². The number of nitrogens with one attached hydrogen (secondary N) is 1. The molecule has 2 unspecified atom stereocenters. The quantitative estimate of drug-likeness (QED) is 0.867. The number of hydrogen-bond donors (Lipinski definition) is 1. The van der Waals surface area contributed by atoms with Crippen LogP contribution in [0.2, 0.25) is 0 Å². The van der Waals surface area contributed by atoms with Gasteiger partial charge in [0.1, 0.15) is 0 Å². The number of carbonyl (C=O) groups is 2. The number of likely N-dealkylation sites (tertiary alicyclic amines) is 1. The molecule has 2 atom stereocenters. The summed E-state index contributed by atoms with van der Waals surface area (Å²) in [7, 11) is 0. The Labute approximate surface area is 131 Å². The van der Waals surface area contributed by atoms with Crippen LogP contribution in [0.15, 0.2) is 30.3 Å². The predicted molar refractivity (Wildman–Crippen MR) is 87.5 cm³/mol. The Morgan fingerprint density at radius 3 is 2.68 bits per heavy atom. The minimum Gasteiger partial charge on any atom is -0.375 e. The van der Waals surface area contributed by atoms with Gasteiger partial charge in [-0.2, -0.15) is 0 Å². The molecule has 116 valence electrons. The Hall–Kier alpha value is -2.10. The Kier molecular flexibility index (Phi) is 3.55. The van der Waals surface area contributed by atoms with Crippen LogP contribution < -0.4 is 5.32 Å². The lowest BCUT2D eigenvalue weighted by Gasteiger charge is -2.47. The topological polar surface area (TPSA) is 49.4 Å². The van der Waals surface area contributed by atoms with Gasteiger partial charge in [-0.1, -0.05) is 24.3 Å². The monoisotopic (exact) mass is 298 g/mol. The SMILES string of the molecule is CC(=O)C1CC2(C=C(C)c3ccccc3N2)CCN1C(C)=O. The van der Waals surface area contributed by atoms with Crippen molar-refractivity contribution >= 4 is 23.0 Å². The van der Waals surface area contributed by atoms with Gasteiger partial charge >= 0.3 is 0 Å². The molecule has 3 rings (SSSR count). The summed E-state index contributed by atoms with van der Waals surface area (Å²) in [6, 6.07) is 7.90. The number of piperidine rings is 1. The zero-order valence-corrected chi connectivity index (χ0v) is 13.3. The highest BCUT2D eigenvalue weighted by Crippen LogP contribution is 2.40. The van der Waals surface area contributed by atoms with Crippen molar-refractivity contribution in [1.82, 2.24) is 4.90 Å². The molecule has 2 heterocycles. The van der Waals surface area contributed by atoms with E-state index in [2.05, 4.69) is 30.4 Å². The fraction of sp³-hybridized carbons (Fsp3) is 0.444. The lowest BCUT2D eigenvalue weighted by Crippen LogP contribution is -2.57. The standard InChI is InChI=1S/C18H22N2O2/c1-12-10-18(19-16-7-5-4-6-15(12)16)8-9-20(14(3)22)17(11-18)13(2)21/h4-7,10,17,19H,8-9,11H2,1-3H3. The highest BCUT2D eigenvalue weighted by molar-refractivity contribution is 5.88. The van der Waals surface area contributed by atoms with Gasteiger partial charge in [0.2, 0.25) is 5.91 Å². The van der Waals surface area contributed by atoms with E-state index in [-0.39, 0.29) is 23.3 Å². The molecule has 2 aliphatic rings. The largest absolute Gasteiger partial charge is 0.375 e. The molecule has 2 aliphatic heterocycles. The Balaban J connectivity index is 1.95. The third-order valence-corrected chi connectivity index (χ3v) is 4.83. The number of carbonyl (C=O) groups excluding carboxylic acids is 2. The smallest absolute Gasteiger partial charge is 0.220 e. The first-order valence-electron chi connectivity index (χ1n) is 7.77. The van der Waals surface area contributed by atoms with Crippen molar-refractivity contribution < 1.29 is 9.59 Å². The van der Waals surface area contributed by atoms with Crippen LogP contribution in [0.1, 0.15) is 39.2 Å². The number of nitrogens with zero attached hydrogens (tertiary/aromatic N) is 1. The van der Waals surface area contributed by atoms with Gasteiger partial charge in [-0.15, -0.1) is 0 Å². The van der Waals surface area contributed by atoms with Crippen molar-refractivity contribution in [3.8, 4) is 0 Å². The molecule has 4 nitrogen and oxygen atoms in total. The Morgan fingerprint density at radius 2 is 2.00 bits per heavy atom. The van der Waals surface area contributed by atoms with Crippen molar-refractivity contribution in [1.29, 1.82) is 0 Å². The van der Waals surface area contributed by atoms with Crippen LogP contribution in [0.5, 0.6) is 0 Å². The molecule has 1 saturated heterocycles. The maximum absolute atomic E-state index is 12.0. The number of hydrogen-bond acceptors (Lipinski definition) is 3. The first-order valence-corrected chi connectivity index (χ1v) is 7.77. The molecule has 4 heteroatoms. The maximum atomic E-state index is 12.0. The van der Waals surface area contributed by atoms with Crippen LogP contribution in [0.3, 0.4) is 0 Å². The third-order valence-electron chi connectivity index (χ3n) is 4.83. The van der Waals surface area contributed by atoms with E-state index in [1.165, 1.54) is 11.1 Å². The minimum atomic E-state index is -0.340. The van der Waals surface area contributed by atoms with Crippen molar-refractivity contribution in [3.05, 3.63) is 35.9 Å². The van der Waals surface area contributed by atoms with Gasteiger partial charge in [0.25, 0.3) is 0 Å². The number of fused-ring (bicyclic) bond motifs is 1. The van der Waals surface area contributed by atoms with Gasteiger partial charge in [-0.05, 0) is 31.9 Å². The summed E-state index contributed by atoms with van der Waals surface area (Å²) >= 11 is 0. The number of anilines is 1. The Morgan fingerprint density at radius 1 is 1.27 bits per heavy atom. The molecule has 1 fully saturated rings. The predicted octanol–water partition coefficient (Wildman–Crippen LogP) is 2.85. The van der Waals surface area contributed by atoms with Gasteiger partial charge < -0.3 is 10.2 Å². The second kappa shape index (κ2) is 5.27. The average Bonchev–Trinajstić information content (AvgIpc) is 2.46. The van der Waals surface area contributed by atoms with Crippen LogP contribution in [0.4, 0.5) is 5.69 Å². The number of amides is 1. The first-order chi connectivity index (χ1) is 10.4. The summed E-state index contributed by atoms with van der Waals surface area (Å²) in [5.41, 5.74) is 3.32. The van der Waals surface area contributed by atoms with E-state index in [4.69, 9.17) is 0 Å². The van der Waals surface area contributed by atoms with E-state index in [9.17, 15) is 9.59 Å². The van der Waals surface area contributed by atoms with Gasteiger partial charge in [0.15, 0.2) is 5.78 Å². The summed E-state index contributed by atoms with van der Waals surface area (Å²) in [5.74, 6) is 0.0351. The van der Waals surface area contributed by atoms with E-state index in [0.717, 1.165) is 12.1 Å². The molecule has 22 heavy (non-hydrogen) atoms. The van der Waals surface area contributed by atoms with Crippen LogP contribution in [-0.4, -0.2) is 34.7 Å². The molecular formula is C18H22N2O2. The zero-order chi connectivity index (χ0) is 15.9. The van der Waals surface area contributed by atoms with Crippen LogP contribution in [0, 0.1) is 0 Å². The highest BCUT2D eigenvalue weighted by Gasteiger charge is 2.42. The molecular weight excluding hydrogens is 276 g/mol. The maximum Gasteiger partial charge on any atom is 0.220 e. The summed E-state index contributed by atoms with van der Waals surface area (Å²) < 4.78 is 0. The average molecular weight is 298 g/mol. The minimum absolute atomic E-state index is 0.0213. The van der Waals surface area contributed by atoms with Gasteiger partial charge in [-0.3, -0.25) is 9.59 Å². The van der Waals surface area contributed by atoms with Crippen molar-refractivity contribution in [2.24, 2.45) is 0 Å². The van der Waals surface area contributed by atoms with Crippen LogP contribution in [-0.2, 0) is 9.59 Å². The number of benzene rings is 1. The van der Waals surface area contributed by atoms with E-state index >= 15 is 0 Å². The fourth-order valence-electron chi connectivity index (χ4n) is 3.75. The lowest BCUT2D eigenvalue weighted by molar-refractivity contribution is -0.139. The molecule has 0 bridgehead atoms. The van der Waals surface area contributed by atoms with Crippen LogP contribution in [0.25, 0.3) is 5.57 Å². The molecule has 0 saturated carbocycles. The second-order valence-corrected chi connectivity index (χ2v) is 6.45. The summed E-state index contributed by atoms with van der Waals surface area (Å²) in [6.07, 6.45) is 3.69. The van der Waals surface area contributed by atoms with Gasteiger partial charge in [-0.25, -0.2) is 0 Å². The summed E-state index contributed by atoms with van der Waals surface area (Å²) in [6.45, 7) is 5.84. The zero-order valence-electron chi connectivity index (χ0n) is 13.3. The molecule has 1 amide bonds. The van der Waals surface area contributed by atoms with E-state index in [1.54, 1.807) is 18.7 Å². The van der Waals surface area contributed by atoms with Crippen molar-refractivity contribution in [2.75, 3.05) is 11.9 Å². The van der Waals surface area contributed by atoms with Gasteiger partial charge in [0.05, 0.1) is 11.6 Å². The number of allylic oxidation sites excluding steroid dienone is 1. The fourth-order valence-corrected chi connectivity index (χ4v) is 3.75. The molecule has 0 radical (unpaired) electrons. The van der Waals surface area contributed by atoms with E-state index in [0.29, 0.717) is 13.0 Å². The lowest BCUT2D eigenvalue weighted by atomic mass is 9.77. The van der Waals surface area contributed by atoms with E-state index < -0.39 is 0 Å². The number of rotatable bonds is 1. The molecule has 1 aromatic carbocycles. The number of para-hydroxylation sites is 1. The summed E-state index contributed by atoms with van der Waals surface area (Å²) in [5, 5.41) is 3.62. The molecule has 1 spiro atoms. The normalized spacial score (nSPS) is 27.0.